The minimum atomic E-state index is 0.558. The van der Waals surface area contributed by atoms with Crippen molar-refractivity contribution in [3.63, 3.8) is 0 Å². The van der Waals surface area contributed by atoms with E-state index in [9.17, 15) is 0 Å². The van der Waals surface area contributed by atoms with E-state index in [2.05, 4.69) is 52.8 Å². The molecule has 0 amide bonds. The number of nitrogens with zero attached hydrogens (tertiary/aromatic N) is 2. The third-order valence-electron chi connectivity index (χ3n) is 5.40. The summed E-state index contributed by atoms with van der Waals surface area (Å²) in [4.78, 5) is 13.5. The summed E-state index contributed by atoms with van der Waals surface area (Å²) in [5, 5.41) is 4.64. The Morgan fingerprint density at radius 2 is 1.69 bits per heavy atom. The molecule has 4 heteroatoms. The first-order chi connectivity index (χ1) is 12.9. The number of hydrogen-bond donors (Lipinski definition) is 2. The van der Waals surface area contributed by atoms with Crippen molar-refractivity contribution in [1.82, 2.24) is 15.0 Å². The lowest BCUT2D eigenvalue weighted by atomic mass is 10.1. The van der Waals surface area contributed by atoms with Crippen molar-refractivity contribution in [3.05, 3.63) is 66.0 Å². The molecule has 1 fully saturated rings. The average molecular weight is 342 g/mol. The second-order valence-corrected chi connectivity index (χ2v) is 7.14. The molecule has 0 aliphatic heterocycles. The largest absolute Gasteiger partial charge is 0.364 e. The third kappa shape index (κ3) is 2.71. The Labute approximate surface area is 152 Å². The van der Waals surface area contributed by atoms with Gasteiger partial charge in [-0.1, -0.05) is 61.4 Å². The van der Waals surface area contributed by atoms with Gasteiger partial charge in [0.05, 0.1) is 5.52 Å². The smallest absolute Gasteiger partial charge is 0.153 e. The Bertz CT molecular complexity index is 1050. The summed E-state index contributed by atoms with van der Waals surface area (Å²) >= 11 is 0. The summed E-state index contributed by atoms with van der Waals surface area (Å²) in [6.45, 7) is 0.749. The van der Waals surface area contributed by atoms with Crippen molar-refractivity contribution in [2.24, 2.45) is 0 Å². The molecule has 0 unspecified atom stereocenters. The van der Waals surface area contributed by atoms with Gasteiger partial charge in [0, 0.05) is 17.8 Å². The molecule has 0 radical (unpaired) electrons. The van der Waals surface area contributed by atoms with Gasteiger partial charge in [-0.3, -0.25) is 0 Å². The predicted molar refractivity (Wildman–Crippen MR) is 106 cm³/mol. The summed E-state index contributed by atoms with van der Waals surface area (Å²) in [7, 11) is 0. The van der Waals surface area contributed by atoms with Gasteiger partial charge < -0.3 is 10.3 Å². The first-order valence-electron chi connectivity index (χ1n) is 9.44. The fourth-order valence-electron chi connectivity index (χ4n) is 4.01. The summed E-state index contributed by atoms with van der Waals surface area (Å²) in [6, 6.07) is 18.7. The maximum atomic E-state index is 5.00. The number of rotatable bonds is 4. The van der Waals surface area contributed by atoms with Crippen LogP contribution in [0.4, 0.5) is 5.82 Å². The number of fused-ring (bicyclic) bond motifs is 3. The van der Waals surface area contributed by atoms with E-state index in [1.165, 1.54) is 31.2 Å². The number of aromatic nitrogens is 3. The maximum Gasteiger partial charge on any atom is 0.153 e. The number of benzene rings is 2. The van der Waals surface area contributed by atoms with Crippen molar-refractivity contribution in [2.45, 2.75) is 38.1 Å². The molecule has 0 atom stereocenters. The van der Waals surface area contributed by atoms with Crippen LogP contribution in [-0.4, -0.2) is 15.0 Å². The number of hydrogen-bond acceptors (Lipinski definition) is 3. The van der Waals surface area contributed by atoms with Crippen LogP contribution in [0.3, 0.4) is 0 Å². The molecule has 26 heavy (non-hydrogen) atoms. The number of anilines is 1. The van der Waals surface area contributed by atoms with Gasteiger partial charge in [-0.2, -0.15) is 0 Å². The fourth-order valence-corrected chi connectivity index (χ4v) is 4.01. The lowest BCUT2D eigenvalue weighted by Crippen LogP contribution is -2.02. The number of pyridine rings is 1. The average Bonchev–Trinajstić information content (AvgIpc) is 3.36. The van der Waals surface area contributed by atoms with Crippen molar-refractivity contribution >= 4 is 27.8 Å². The number of nitrogens with one attached hydrogen (secondary N) is 2. The number of imidazole rings is 1. The molecule has 2 heterocycles. The van der Waals surface area contributed by atoms with Gasteiger partial charge in [-0.05, 0) is 24.5 Å². The molecule has 0 saturated heterocycles. The van der Waals surface area contributed by atoms with Crippen LogP contribution >= 0.6 is 0 Å². The van der Waals surface area contributed by atoms with E-state index >= 15 is 0 Å². The van der Waals surface area contributed by atoms with E-state index in [0.29, 0.717) is 5.92 Å². The van der Waals surface area contributed by atoms with Crippen molar-refractivity contribution in [1.29, 1.82) is 0 Å². The van der Waals surface area contributed by atoms with Crippen molar-refractivity contribution in [3.8, 4) is 0 Å². The zero-order valence-electron chi connectivity index (χ0n) is 14.7. The molecule has 2 N–H and O–H groups in total. The van der Waals surface area contributed by atoms with E-state index in [0.717, 1.165) is 40.1 Å². The van der Waals surface area contributed by atoms with Crippen LogP contribution in [0.5, 0.6) is 0 Å². The highest BCUT2D eigenvalue weighted by Gasteiger charge is 2.22. The minimum absolute atomic E-state index is 0.558. The molecule has 1 aliphatic carbocycles. The topological polar surface area (TPSA) is 53.6 Å². The number of H-pyrrole nitrogens is 1. The summed E-state index contributed by atoms with van der Waals surface area (Å²) in [5.74, 6) is 2.57. The van der Waals surface area contributed by atoms with Crippen LogP contribution in [0.15, 0.2) is 54.6 Å². The SMILES string of the molecule is c1ccc(CNc2nc3ccccc3c3nc(C4CCCC4)[nH]c23)cc1. The predicted octanol–water partition coefficient (Wildman–Crippen LogP) is 5.38. The van der Waals surface area contributed by atoms with E-state index in [1.807, 2.05) is 12.1 Å². The van der Waals surface area contributed by atoms with E-state index in [4.69, 9.17) is 9.97 Å². The van der Waals surface area contributed by atoms with E-state index in [1.54, 1.807) is 0 Å². The lowest BCUT2D eigenvalue weighted by molar-refractivity contribution is 0.681. The summed E-state index contributed by atoms with van der Waals surface area (Å²) in [5.41, 5.74) is 4.29. The zero-order valence-corrected chi connectivity index (χ0v) is 14.7. The summed E-state index contributed by atoms with van der Waals surface area (Å²) in [6.07, 6.45) is 5.08. The minimum Gasteiger partial charge on any atom is -0.364 e. The molecule has 0 spiro atoms. The van der Waals surface area contributed by atoms with Crippen molar-refractivity contribution < 1.29 is 0 Å². The third-order valence-corrected chi connectivity index (χ3v) is 5.40. The second-order valence-electron chi connectivity index (χ2n) is 7.14. The van der Waals surface area contributed by atoms with Crippen molar-refractivity contribution in [2.75, 3.05) is 5.32 Å². The highest BCUT2D eigenvalue weighted by Crippen LogP contribution is 2.36. The highest BCUT2D eigenvalue weighted by atomic mass is 15.0. The fraction of sp³-hybridized carbons (Fsp3) is 0.273. The monoisotopic (exact) mass is 342 g/mol. The van der Waals surface area contributed by atoms with Gasteiger partial charge in [0.1, 0.15) is 16.9 Å². The van der Waals surface area contributed by atoms with Gasteiger partial charge in [-0.15, -0.1) is 0 Å². The molecule has 1 aliphatic rings. The Morgan fingerprint density at radius 3 is 2.54 bits per heavy atom. The lowest BCUT2D eigenvalue weighted by Gasteiger charge is -2.08. The van der Waals surface area contributed by atoms with Gasteiger partial charge in [0.15, 0.2) is 5.82 Å². The van der Waals surface area contributed by atoms with Gasteiger partial charge in [0.2, 0.25) is 0 Å². The molecule has 1 saturated carbocycles. The molecular weight excluding hydrogens is 320 g/mol. The first kappa shape index (κ1) is 15.4. The molecular formula is C22H22N4. The molecule has 2 aromatic carbocycles. The number of para-hydroxylation sites is 1. The van der Waals surface area contributed by atoms with Crippen LogP contribution in [0.1, 0.15) is 43.0 Å². The van der Waals surface area contributed by atoms with Gasteiger partial charge in [0.25, 0.3) is 0 Å². The Morgan fingerprint density at radius 1 is 0.923 bits per heavy atom. The summed E-state index contributed by atoms with van der Waals surface area (Å²) < 4.78 is 0. The standard InChI is InChI=1S/C22H22N4/c1-2-8-15(9-3-1)14-23-22-20-19(17-12-6-7-13-18(17)24-22)25-21(26-20)16-10-4-5-11-16/h1-3,6-9,12-13,16H,4-5,10-11,14H2,(H,23,24)(H,25,26). The molecule has 4 nitrogen and oxygen atoms in total. The Hall–Kier alpha value is -2.88. The molecule has 0 bridgehead atoms. The zero-order chi connectivity index (χ0) is 17.3. The molecule has 4 aromatic rings. The van der Waals surface area contributed by atoms with Crippen LogP contribution in [0.2, 0.25) is 0 Å². The maximum absolute atomic E-state index is 5.00. The number of aromatic amines is 1. The van der Waals surface area contributed by atoms with Crippen LogP contribution in [0.25, 0.3) is 21.9 Å². The quantitative estimate of drug-likeness (QED) is 0.523. The normalized spacial score (nSPS) is 15.1. The highest BCUT2D eigenvalue weighted by molar-refractivity contribution is 6.06. The van der Waals surface area contributed by atoms with E-state index in [-0.39, 0.29) is 0 Å². The Balaban J connectivity index is 1.60. The van der Waals surface area contributed by atoms with Gasteiger partial charge in [-0.25, -0.2) is 9.97 Å². The first-order valence-corrected chi connectivity index (χ1v) is 9.44. The molecule has 5 rings (SSSR count). The van der Waals surface area contributed by atoms with Crippen LogP contribution < -0.4 is 5.32 Å². The van der Waals surface area contributed by atoms with E-state index < -0.39 is 0 Å². The Kier molecular flexibility index (Phi) is 3.81. The van der Waals surface area contributed by atoms with Crippen LogP contribution in [-0.2, 0) is 6.54 Å². The molecule has 2 aromatic heterocycles. The molecule has 130 valence electrons. The van der Waals surface area contributed by atoms with Gasteiger partial charge >= 0.3 is 0 Å². The van der Waals surface area contributed by atoms with Crippen LogP contribution in [0, 0.1) is 0 Å². The second kappa shape index (κ2) is 6.45.